The van der Waals surface area contributed by atoms with Crippen LogP contribution in [0.15, 0.2) is 30.3 Å². The smallest absolute Gasteiger partial charge is 0.0594 e. The van der Waals surface area contributed by atoms with Crippen LogP contribution in [0.1, 0.15) is 19.4 Å². The molecule has 2 rings (SSSR count). The van der Waals surface area contributed by atoms with E-state index >= 15 is 0 Å². The van der Waals surface area contributed by atoms with Gasteiger partial charge in [-0.25, -0.2) is 0 Å². The van der Waals surface area contributed by atoms with Crippen LogP contribution in [0.4, 0.5) is 0 Å². The molecule has 1 heterocycles. The summed E-state index contributed by atoms with van der Waals surface area (Å²) in [7, 11) is 0. The van der Waals surface area contributed by atoms with E-state index in [-0.39, 0.29) is 0 Å². The van der Waals surface area contributed by atoms with Gasteiger partial charge in [-0.1, -0.05) is 44.2 Å². The maximum Gasteiger partial charge on any atom is 0.0594 e. The molecule has 0 amide bonds. The molecule has 2 nitrogen and oxygen atoms in total. The van der Waals surface area contributed by atoms with Crippen molar-refractivity contribution in [3.63, 3.8) is 0 Å². The Morgan fingerprint density at radius 2 is 1.76 bits per heavy atom. The molecular weight excluding hydrogens is 210 g/mol. The average molecular weight is 233 g/mol. The second kappa shape index (κ2) is 6.18. The number of ether oxygens (including phenoxy) is 1. The molecule has 1 aliphatic heterocycles. The fraction of sp³-hybridized carbons (Fsp3) is 0.600. The molecule has 1 aromatic carbocycles. The molecule has 1 saturated heterocycles. The summed E-state index contributed by atoms with van der Waals surface area (Å²) in [6, 6.07) is 11.5. The molecule has 94 valence electrons. The zero-order valence-corrected chi connectivity index (χ0v) is 10.9. The average Bonchev–Trinajstić information content (AvgIpc) is 2.38. The molecule has 0 N–H and O–H groups in total. The minimum absolute atomic E-state index is 0.640. The zero-order chi connectivity index (χ0) is 12.1. The van der Waals surface area contributed by atoms with E-state index in [0.717, 1.165) is 32.7 Å². The number of hydrogen-bond acceptors (Lipinski definition) is 2. The molecule has 0 spiro atoms. The Morgan fingerprint density at radius 1 is 1.12 bits per heavy atom. The topological polar surface area (TPSA) is 12.5 Å². The van der Waals surface area contributed by atoms with Crippen LogP contribution in [0.3, 0.4) is 0 Å². The lowest BCUT2D eigenvalue weighted by atomic mass is 9.94. The van der Waals surface area contributed by atoms with Gasteiger partial charge in [-0.3, -0.25) is 4.90 Å². The van der Waals surface area contributed by atoms with Crippen LogP contribution in [0.5, 0.6) is 0 Å². The summed E-state index contributed by atoms with van der Waals surface area (Å²) in [5.41, 5.74) is 1.44. The van der Waals surface area contributed by atoms with Crippen LogP contribution in [-0.2, 0) is 11.2 Å². The Morgan fingerprint density at radius 3 is 2.35 bits per heavy atom. The fourth-order valence-corrected chi connectivity index (χ4v) is 2.55. The summed E-state index contributed by atoms with van der Waals surface area (Å²) in [6.07, 6.45) is 1.15. The molecule has 0 radical (unpaired) electrons. The van der Waals surface area contributed by atoms with E-state index in [1.807, 2.05) is 0 Å². The van der Waals surface area contributed by atoms with Crippen LogP contribution in [-0.4, -0.2) is 37.2 Å². The van der Waals surface area contributed by atoms with Gasteiger partial charge in [-0.05, 0) is 17.9 Å². The van der Waals surface area contributed by atoms with E-state index in [0.29, 0.717) is 12.0 Å². The highest BCUT2D eigenvalue weighted by molar-refractivity contribution is 5.16. The van der Waals surface area contributed by atoms with Crippen molar-refractivity contribution in [1.29, 1.82) is 0 Å². The predicted octanol–water partition coefficient (Wildman–Crippen LogP) is 2.59. The second-order valence-corrected chi connectivity index (χ2v) is 5.15. The van der Waals surface area contributed by atoms with Gasteiger partial charge in [0.1, 0.15) is 0 Å². The van der Waals surface area contributed by atoms with Crippen LogP contribution < -0.4 is 0 Å². The number of morpholine rings is 1. The molecular formula is C15H23NO. The molecule has 0 bridgehead atoms. The Bertz CT molecular complexity index is 317. The highest BCUT2D eigenvalue weighted by atomic mass is 16.5. The summed E-state index contributed by atoms with van der Waals surface area (Å²) < 4.78 is 5.44. The lowest BCUT2D eigenvalue weighted by molar-refractivity contribution is 0.00641. The number of rotatable bonds is 4. The molecule has 2 heteroatoms. The third kappa shape index (κ3) is 3.55. The van der Waals surface area contributed by atoms with Gasteiger partial charge in [0.05, 0.1) is 13.2 Å². The first kappa shape index (κ1) is 12.6. The summed E-state index contributed by atoms with van der Waals surface area (Å²) in [6.45, 7) is 8.58. The fourth-order valence-electron chi connectivity index (χ4n) is 2.55. The Hall–Kier alpha value is -0.860. The molecule has 1 aliphatic rings. The summed E-state index contributed by atoms with van der Waals surface area (Å²) in [5, 5.41) is 0. The molecule has 17 heavy (non-hydrogen) atoms. The minimum Gasteiger partial charge on any atom is -0.379 e. The Kier molecular flexibility index (Phi) is 4.57. The second-order valence-electron chi connectivity index (χ2n) is 5.15. The Balaban J connectivity index is 2.01. The maximum atomic E-state index is 5.44. The van der Waals surface area contributed by atoms with Gasteiger partial charge >= 0.3 is 0 Å². The van der Waals surface area contributed by atoms with Gasteiger partial charge in [0, 0.05) is 19.1 Å². The van der Waals surface area contributed by atoms with E-state index in [1.54, 1.807) is 0 Å². The van der Waals surface area contributed by atoms with Crippen LogP contribution in [0.2, 0.25) is 0 Å². The quantitative estimate of drug-likeness (QED) is 0.792. The third-order valence-corrected chi connectivity index (χ3v) is 3.57. The molecule has 0 aromatic heterocycles. The number of benzene rings is 1. The standard InChI is InChI=1S/C15H23NO/c1-13(2)15(16-8-10-17-11-9-16)12-14-6-4-3-5-7-14/h3-7,13,15H,8-12H2,1-2H3. The van der Waals surface area contributed by atoms with Crippen molar-refractivity contribution in [1.82, 2.24) is 4.90 Å². The monoisotopic (exact) mass is 233 g/mol. The van der Waals surface area contributed by atoms with Crippen molar-refractivity contribution in [3.8, 4) is 0 Å². The van der Waals surface area contributed by atoms with Crippen molar-refractivity contribution in [2.75, 3.05) is 26.3 Å². The SMILES string of the molecule is CC(C)C(Cc1ccccc1)N1CCOCC1. The van der Waals surface area contributed by atoms with Gasteiger partial charge in [0.15, 0.2) is 0 Å². The van der Waals surface area contributed by atoms with Crippen molar-refractivity contribution in [2.45, 2.75) is 26.3 Å². The van der Waals surface area contributed by atoms with Crippen LogP contribution in [0.25, 0.3) is 0 Å². The summed E-state index contributed by atoms with van der Waals surface area (Å²) in [4.78, 5) is 2.58. The summed E-state index contributed by atoms with van der Waals surface area (Å²) >= 11 is 0. The van der Waals surface area contributed by atoms with Crippen molar-refractivity contribution in [3.05, 3.63) is 35.9 Å². The van der Waals surface area contributed by atoms with Gasteiger partial charge in [-0.15, -0.1) is 0 Å². The lowest BCUT2D eigenvalue weighted by Gasteiger charge is -2.37. The van der Waals surface area contributed by atoms with E-state index in [1.165, 1.54) is 5.56 Å². The van der Waals surface area contributed by atoms with Gasteiger partial charge in [0.25, 0.3) is 0 Å². The molecule has 0 saturated carbocycles. The third-order valence-electron chi connectivity index (χ3n) is 3.57. The highest BCUT2D eigenvalue weighted by Gasteiger charge is 2.23. The maximum absolute atomic E-state index is 5.44. The minimum atomic E-state index is 0.640. The van der Waals surface area contributed by atoms with E-state index in [2.05, 4.69) is 49.1 Å². The van der Waals surface area contributed by atoms with Crippen molar-refractivity contribution < 1.29 is 4.74 Å². The molecule has 0 aliphatic carbocycles. The van der Waals surface area contributed by atoms with Crippen molar-refractivity contribution >= 4 is 0 Å². The molecule has 1 aromatic rings. The predicted molar refractivity (Wildman–Crippen MR) is 71.2 cm³/mol. The van der Waals surface area contributed by atoms with Crippen LogP contribution >= 0.6 is 0 Å². The number of nitrogens with zero attached hydrogens (tertiary/aromatic N) is 1. The number of hydrogen-bond donors (Lipinski definition) is 0. The first-order valence-corrected chi connectivity index (χ1v) is 6.63. The largest absolute Gasteiger partial charge is 0.379 e. The van der Waals surface area contributed by atoms with Gasteiger partial charge in [0.2, 0.25) is 0 Å². The Labute approximate surface area is 105 Å². The molecule has 1 atom stereocenters. The molecule has 1 unspecified atom stereocenters. The molecule has 1 fully saturated rings. The van der Waals surface area contributed by atoms with Gasteiger partial charge in [-0.2, -0.15) is 0 Å². The lowest BCUT2D eigenvalue weighted by Crippen LogP contribution is -2.46. The normalized spacial score (nSPS) is 19.5. The first-order chi connectivity index (χ1) is 8.27. The first-order valence-electron chi connectivity index (χ1n) is 6.63. The highest BCUT2D eigenvalue weighted by Crippen LogP contribution is 2.17. The van der Waals surface area contributed by atoms with E-state index in [9.17, 15) is 0 Å². The van der Waals surface area contributed by atoms with Crippen molar-refractivity contribution in [2.24, 2.45) is 5.92 Å². The zero-order valence-electron chi connectivity index (χ0n) is 10.9. The van der Waals surface area contributed by atoms with Gasteiger partial charge < -0.3 is 4.74 Å². The van der Waals surface area contributed by atoms with E-state index < -0.39 is 0 Å². The van der Waals surface area contributed by atoms with Crippen LogP contribution in [0, 0.1) is 5.92 Å². The summed E-state index contributed by atoms with van der Waals surface area (Å²) in [5.74, 6) is 0.688. The van der Waals surface area contributed by atoms with E-state index in [4.69, 9.17) is 4.74 Å².